The summed E-state index contributed by atoms with van der Waals surface area (Å²) in [4.78, 5) is 6.65. The van der Waals surface area contributed by atoms with Crippen molar-refractivity contribution in [2.24, 2.45) is 0 Å². The predicted molar refractivity (Wildman–Crippen MR) is 109 cm³/mol. The molecule has 2 aromatic rings. The van der Waals surface area contributed by atoms with Gasteiger partial charge in [0.25, 0.3) is 0 Å². The predicted octanol–water partition coefficient (Wildman–Crippen LogP) is 2.45. The molecule has 2 rings (SSSR count). The lowest BCUT2D eigenvalue weighted by Crippen LogP contribution is -2.28. The molecule has 0 fully saturated rings. The first kappa shape index (κ1) is 24.5. The van der Waals surface area contributed by atoms with E-state index >= 15 is 0 Å². The molecule has 0 amide bonds. The Hall–Kier alpha value is -1.49. The van der Waals surface area contributed by atoms with Gasteiger partial charge in [0, 0.05) is 45.3 Å². The van der Waals surface area contributed by atoms with Gasteiger partial charge in [-0.15, -0.1) is 0 Å². The SMILES string of the molecule is CCN(CCO)CCCC(C)Nc1ccnc2cc(Cl)ccc12.O=S(=O)([O-])[O-]. The van der Waals surface area contributed by atoms with Gasteiger partial charge in [-0.25, -0.2) is 0 Å². The van der Waals surface area contributed by atoms with Crippen molar-refractivity contribution < 1.29 is 22.6 Å². The van der Waals surface area contributed by atoms with Gasteiger partial charge >= 0.3 is 0 Å². The number of halogens is 1. The maximum atomic E-state index is 9.02. The molecule has 10 heteroatoms. The Kier molecular flexibility index (Phi) is 10.7. The van der Waals surface area contributed by atoms with Crippen molar-refractivity contribution in [3.8, 4) is 0 Å². The number of rotatable bonds is 9. The highest BCUT2D eigenvalue weighted by molar-refractivity contribution is 7.79. The highest BCUT2D eigenvalue weighted by Crippen LogP contribution is 2.25. The van der Waals surface area contributed by atoms with Crippen LogP contribution in [0, 0.1) is 0 Å². The van der Waals surface area contributed by atoms with Gasteiger partial charge in [0.2, 0.25) is 0 Å². The number of aliphatic hydroxyl groups excluding tert-OH is 1. The molecule has 1 aromatic heterocycles. The molecule has 0 saturated carbocycles. The third kappa shape index (κ3) is 10.2. The van der Waals surface area contributed by atoms with E-state index < -0.39 is 10.4 Å². The summed E-state index contributed by atoms with van der Waals surface area (Å²) < 4.78 is 34.1. The second-order valence-corrected chi connectivity index (χ2v) is 7.53. The smallest absolute Gasteiger partial charge is 0.0737 e. The van der Waals surface area contributed by atoms with Gasteiger partial charge in [-0.1, -0.05) is 18.5 Å². The van der Waals surface area contributed by atoms with Crippen LogP contribution in [-0.2, 0) is 10.4 Å². The molecule has 0 spiro atoms. The third-order valence-electron chi connectivity index (χ3n) is 4.08. The van der Waals surface area contributed by atoms with E-state index in [4.69, 9.17) is 34.2 Å². The highest BCUT2D eigenvalue weighted by atomic mass is 35.5. The number of anilines is 1. The van der Waals surface area contributed by atoms with Crippen LogP contribution >= 0.6 is 11.6 Å². The molecule has 0 saturated heterocycles. The van der Waals surface area contributed by atoms with Crippen LogP contribution in [0.25, 0.3) is 10.9 Å². The molecule has 0 aliphatic rings. The van der Waals surface area contributed by atoms with Crippen LogP contribution in [-0.4, -0.2) is 64.8 Å². The van der Waals surface area contributed by atoms with E-state index in [0.29, 0.717) is 11.1 Å². The van der Waals surface area contributed by atoms with E-state index in [0.717, 1.165) is 49.1 Å². The number of hydrogen-bond acceptors (Lipinski definition) is 8. The van der Waals surface area contributed by atoms with Crippen LogP contribution in [0.15, 0.2) is 30.5 Å². The van der Waals surface area contributed by atoms with Gasteiger partial charge in [0.1, 0.15) is 0 Å². The van der Waals surface area contributed by atoms with Gasteiger partial charge in [-0.3, -0.25) is 13.4 Å². The van der Waals surface area contributed by atoms with E-state index in [1.165, 1.54) is 0 Å². The molecule has 1 unspecified atom stereocenters. The number of benzene rings is 1. The lowest BCUT2D eigenvalue weighted by molar-refractivity contribution is 0.199. The summed E-state index contributed by atoms with van der Waals surface area (Å²) in [6.45, 7) is 7.32. The Morgan fingerprint density at radius 3 is 2.57 bits per heavy atom. The molecular formula is C18H26ClN3O5S-2. The zero-order valence-corrected chi connectivity index (χ0v) is 17.5. The topological polar surface area (TPSA) is 129 Å². The molecular weight excluding hydrogens is 406 g/mol. The number of likely N-dealkylation sites (N-methyl/N-ethyl adjacent to an activating group) is 1. The summed E-state index contributed by atoms with van der Waals surface area (Å²) in [5.41, 5.74) is 2.01. The van der Waals surface area contributed by atoms with Crippen molar-refractivity contribution in [3.05, 3.63) is 35.5 Å². The number of nitrogens with one attached hydrogen (secondary N) is 1. The number of aliphatic hydroxyl groups is 1. The first-order valence-corrected chi connectivity index (χ1v) is 10.7. The Labute approximate surface area is 171 Å². The summed E-state index contributed by atoms with van der Waals surface area (Å²) >= 11 is 6.03. The van der Waals surface area contributed by atoms with Crippen LogP contribution < -0.4 is 5.32 Å². The molecule has 158 valence electrons. The number of pyridine rings is 1. The third-order valence-corrected chi connectivity index (χ3v) is 4.32. The van der Waals surface area contributed by atoms with Gasteiger partial charge in [-0.05, 0) is 57.1 Å². The largest absolute Gasteiger partial charge is 0.759 e. The standard InChI is InChI=1S/C18H26ClN3O.H2O4S/c1-3-22(11-12-23)10-4-5-14(2)21-17-8-9-20-18-13-15(19)6-7-16(17)18;1-5(2,3)4/h6-9,13-14,23H,3-5,10-12H2,1-2H3,(H,20,21);(H2,1,2,3,4)/p-2. The number of fused-ring (bicyclic) bond motifs is 1. The second kappa shape index (κ2) is 12.2. The van der Waals surface area contributed by atoms with Crippen molar-refractivity contribution >= 4 is 38.6 Å². The fourth-order valence-corrected chi connectivity index (χ4v) is 2.94. The Morgan fingerprint density at radius 2 is 1.96 bits per heavy atom. The molecule has 0 aliphatic carbocycles. The highest BCUT2D eigenvalue weighted by Gasteiger charge is 2.08. The minimum absolute atomic E-state index is 0.229. The first-order chi connectivity index (χ1) is 13.1. The van der Waals surface area contributed by atoms with Crippen molar-refractivity contribution in [2.75, 3.05) is 31.6 Å². The lowest BCUT2D eigenvalue weighted by atomic mass is 10.1. The summed E-state index contributed by atoms with van der Waals surface area (Å²) in [5.74, 6) is 0. The minimum Gasteiger partial charge on any atom is -0.759 e. The molecule has 0 radical (unpaired) electrons. The number of aromatic nitrogens is 1. The van der Waals surface area contributed by atoms with Crippen molar-refractivity contribution in [1.82, 2.24) is 9.88 Å². The summed E-state index contributed by atoms with van der Waals surface area (Å²) in [5, 5.41) is 14.4. The molecule has 1 atom stereocenters. The van der Waals surface area contributed by atoms with E-state index in [1.54, 1.807) is 0 Å². The van der Waals surface area contributed by atoms with E-state index in [-0.39, 0.29) is 6.61 Å². The van der Waals surface area contributed by atoms with Crippen molar-refractivity contribution in [2.45, 2.75) is 32.7 Å². The first-order valence-electron chi connectivity index (χ1n) is 8.94. The van der Waals surface area contributed by atoms with Gasteiger partial charge < -0.3 is 24.4 Å². The summed E-state index contributed by atoms with van der Waals surface area (Å²) in [7, 11) is -5.17. The van der Waals surface area contributed by atoms with Crippen LogP contribution in [0.3, 0.4) is 0 Å². The van der Waals surface area contributed by atoms with Crippen LogP contribution in [0.1, 0.15) is 26.7 Å². The number of hydrogen-bond donors (Lipinski definition) is 2. The zero-order chi connectivity index (χ0) is 21.2. The van der Waals surface area contributed by atoms with Gasteiger partial charge in [0.05, 0.1) is 12.1 Å². The average Bonchev–Trinajstić information content (AvgIpc) is 2.59. The van der Waals surface area contributed by atoms with Crippen LogP contribution in [0.2, 0.25) is 5.02 Å². The normalized spacial score (nSPS) is 12.5. The lowest BCUT2D eigenvalue weighted by Gasteiger charge is -2.21. The van der Waals surface area contributed by atoms with Crippen LogP contribution in [0.5, 0.6) is 0 Å². The van der Waals surface area contributed by atoms with E-state index in [1.807, 2.05) is 30.5 Å². The van der Waals surface area contributed by atoms with Crippen molar-refractivity contribution in [1.29, 1.82) is 0 Å². The zero-order valence-electron chi connectivity index (χ0n) is 16.0. The van der Waals surface area contributed by atoms with E-state index in [2.05, 4.69) is 29.0 Å². The quantitative estimate of drug-likeness (QED) is 0.457. The molecule has 1 aromatic carbocycles. The molecule has 0 aliphatic heterocycles. The molecule has 0 bridgehead atoms. The Bertz CT molecular complexity index is 827. The maximum absolute atomic E-state index is 9.02. The second-order valence-electron chi connectivity index (χ2n) is 6.27. The molecule has 28 heavy (non-hydrogen) atoms. The maximum Gasteiger partial charge on any atom is 0.0737 e. The fourth-order valence-electron chi connectivity index (χ4n) is 2.78. The fraction of sp³-hybridized carbons (Fsp3) is 0.500. The molecule has 1 heterocycles. The summed E-state index contributed by atoms with van der Waals surface area (Å²) in [6, 6.07) is 8.19. The molecule has 2 N–H and O–H groups in total. The summed E-state index contributed by atoms with van der Waals surface area (Å²) in [6.07, 6.45) is 4.00. The molecule has 8 nitrogen and oxygen atoms in total. The minimum atomic E-state index is -5.17. The van der Waals surface area contributed by atoms with E-state index in [9.17, 15) is 0 Å². The Balaban J connectivity index is 0.000000696. The van der Waals surface area contributed by atoms with Gasteiger partial charge in [0.15, 0.2) is 0 Å². The monoisotopic (exact) mass is 431 g/mol. The van der Waals surface area contributed by atoms with Crippen molar-refractivity contribution in [3.63, 3.8) is 0 Å². The number of nitrogens with zero attached hydrogens (tertiary/aromatic N) is 2. The average molecular weight is 432 g/mol. The van der Waals surface area contributed by atoms with Gasteiger partial charge in [-0.2, -0.15) is 0 Å². The Morgan fingerprint density at radius 1 is 1.29 bits per heavy atom. The van der Waals surface area contributed by atoms with Crippen LogP contribution in [0.4, 0.5) is 5.69 Å².